The van der Waals surface area contributed by atoms with Gasteiger partial charge in [0.2, 0.25) is 0 Å². The summed E-state index contributed by atoms with van der Waals surface area (Å²) in [6.07, 6.45) is 2.95. The van der Waals surface area contributed by atoms with E-state index in [1.807, 2.05) is 0 Å². The monoisotopic (exact) mass is 582 g/mol. The van der Waals surface area contributed by atoms with Crippen molar-refractivity contribution in [1.82, 2.24) is 0 Å². The van der Waals surface area contributed by atoms with Gasteiger partial charge >= 0.3 is 11.9 Å². The highest BCUT2D eigenvalue weighted by molar-refractivity contribution is 5.69. The lowest BCUT2D eigenvalue weighted by Gasteiger charge is -2.09. The molecule has 40 heavy (non-hydrogen) atoms. The Kier molecular flexibility index (Phi) is 32.1. The van der Waals surface area contributed by atoms with Crippen molar-refractivity contribution in [2.24, 2.45) is 0 Å². The van der Waals surface area contributed by atoms with Gasteiger partial charge in [-0.05, 0) is 12.8 Å². The molecule has 0 aromatic heterocycles. The Labute approximate surface area is 238 Å². The number of ether oxygens (including phenoxy) is 10. The van der Waals surface area contributed by atoms with Gasteiger partial charge in [0.1, 0.15) is 6.61 Å². The van der Waals surface area contributed by atoms with Crippen LogP contribution in [0.3, 0.4) is 0 Å². The molecule has 0 amide bonds. The van der Waals surface area contributed by atoms with Crippen LogP contribution in [0.25, 0.3) is 0 Å². The maximum absolute atomic E-state index is 11.4. The normalized spacial score (nSPS) is 11.1. The van der Waals surface area contributed by atoms with E-state index in [0.717, 1.165) is 0 Å². The molecule has 0 unspecified atom stereocenters. The van der Waals surface area contributed by atoms with Crippen molar-refractivity contribution in [3.05, 3.63) is 12.7 Å². The van der Waals surface area contributed by atoms with Crippen LogP contribution in [0, 0.1) is 0 Å². The minimum atomic E-state index is -0.862. The third-order valence-electron chi connectivity index (χ3n) is 4.72. The van der Waals surface area contributed by atoms with Gasteiger partial charge in [0.05, 0.1) is 119 Å². The van der Waals surface area contributed by atoms with E-state index in [1.54, 1.807) is 6.08 Å². The molecular weight excluding hydrogens is 532 g/mol. The number of hydrogen-bond donors (Lipinski definition) is 1. The van der Waals surface area contributed by atoms with Gasteiger partial charge in [0.25, 0.3) is 0 Å². The molecule has 0 saturated heterocycles. The molecule has 13 nitrogen and oxygen atoms in total. The molecule has 1 N–H and O–H groups in total. The second-order valence-corrected chi connectivity index (χ2v) is 8.08. The first-order chi connectivity index (χ1) is 19.7. The number of esters is 1. The van der Waals surface area contributed by atoms with E-state index in [9.17, 15) is 9.59 Å². The van der Waals surface area contributed by atoms with Gasteiger partial charge in [-0.1, -0.05) is 6.08 Å². The summed E-state index contributed by atoms with van der Waals surface area (Å²) in [6.45, 7) is 12.3. The van der Waals surface area contributed by atoms with Crippen molar-refractivity contribution in [3.8, 4) is 0 Å². The molecule has 236 valence electrons. The van der Waals surface area contributed by atoms with Crippen molar-refractivity contribution in [1.29, 1.82) is 0 Å². The number of carbonyl (C=O) groups is 2. The summed E-state index contributed by atoms with van der Waals surface area (Å²) in [5.41, 5.74) is 0. The standard InChI is InChI=1S/C27H50O13/c1-2-7-31-8-9-32-10-11-33-12-13-34-14-15-35-16-17-36-18-19-37-20-21-38-22-23-39-24-25-40-27(30)6-4-3-5-26(28)29/h2H,1,3-25H2,(H,28,29). The number of carbonyl (C=O) groups excluding carboxylic acids is 1. The average molecular weight is 583 g/mol. The maximum atomic E-state index is 11.4. The second-order valence-electron chi connectivity index (χ2n) is 8.08. The van der Waals surface area contributed by atoms with Crippen molar-refractivity contribution >= 4 is 11.9 Å². The van der Waals surface area contributed by atoms with Crippen LogP contribution < -0.4 is 0 Å². The smallest absolute Gasteiger partial charge is 0.305 e. The Morgan fingerprint density at radius 3 is 1.10 bits per heavy atom. The van der Waals surface area contributed by atoms with E-state index in [0.29, 0.717) is 125 Å². The number of hydrogen-bond acceptors (Lipinski definition) is 12. The van der Waals surface area contributed by atoms with Gasteiger partial charge in [-0.15, -0.1) is 6.58 Å². The average Bonchev–Trinajstić information content (AvgIpc) is 2.94. The van der Waals surface area contributed by atoms with Crippen LogP contribution in [0.15, 0.2) is 12.7 Å². The molecule has 0 atom stereocenters. The maximum Gasteiger partial charge on any atom is 0.305 e. The molecule has 0 rings (SSSR count). The van der Waals surface area contributed by atoms with Crippen LogP contribution in [-0.4, -0.2) is 143 Å². The summed E-state index contributed by atoms with van der Waals surface area (Å²) < 4.78 is 53.4. The SMILES string of the molecule is C=CCOCCOCCOCCOCCOCCOCCOCCOCCOCCOC(=O)CCCCC(=O)O. The molecule has 0 aliphatic rings. The first kappa shape index (κ1) is 38.3. The Morgan fingerprint density at radius 2 is 0.775 bits per heavy atom. The first-order valence-corrected chi connectivity index (χ1v) is 13.8. The molecular formula is C27H50O13. The van der Waals surface area contributed by atoms with Gasteiger partial charge in [0.15, 0.2) is 0 Å². The number of rotatable bonds is 34. The van der Waals surface area contributed by atoms with Gasteiger partial charge in [-0.2, -0.15) is 0 Å². The molecule has 13 heteroatoms. The minimum absolute atomic E-state index is 0.0622. The molecule has 0 aliphatic heterocycles. The van der Waals surface area contributed by atoms with Crippen LogP contribution in [0.1, 0.15) is 25.7 Å². The third-order valence-corrected chi connectivity index (χ3v) is 4.72. The Morgan fingerprint density at radius 1 is 0.475 bits per heavy atom. The zero-order valence-corrected chi connectivity index (χ0v) is 23.9. The zero-order valence-electron chi connectivity index (χ0n) is 23.9. The number of carboxylic acids is 1. The summed E-state index contributed by atoms with van der Waals surface area (Å²) in [5, 5.41) is 8.53. The summed E-state index contributed by atoms with van der Waals surface area (Å²) in [6, 6.07) is 0. The molecule has 0 fully saturated rings. The topological polar surface area (TPSA) is 147 Å². The van der Waals surface area contributed by atoms with Crippen molar-refractivity contribution < 1.29 is 62.1 Å². The van der Waals surface area contributed by atoms with Crippen LogP contribution in [-0.2, 0) is 57.0 Å². The number of aliphatic carboxylic acids is 1. The van der Waals surface area contributed by atoms with E-state index in [1.165, 1.54) is 0 Å². The molecule has 0 aromatic carbocycles. The predicted molar refractivity (Wildman–Crippen MR) is 145 cm³/mol. The highest BCUT2D eigenvalue weighted by atomic mass is 16.6. The summed E-state index contributed by atoms with van der Waals surface area (Å²) in [5.74, 6) is -1.21. The van der Waals surface area contributed by atoms with E-state index in [2.05, 4.69) is 6.58 Å². The Balaban J connectivity index is 3.10. The molecule has 0 bridgehead atoms. The zero-order chi connectivity index (χ0) is 29.2. The molecule has 0 aliphatic carbocycles. The van der Waals surface area contributed by atoms with Crippen LogP contribution in [0.4, 0.5) is 0 Å². The van der Waals surface area contributed by atoms with Crippen LogP contribution in [0.2, 0.25) is 0 Å². The fourth-order valence-electron chi connectivity index (χ4n) is 2.76. The lowest BCUT2D eigenvalue weighted by Crippen LogP contribution is -2.15. The van der Waals surface area contributed by atoms with Gasteiger partial charge in [0, 0.05) is 12.8 Å². The van der Waals surface area contributed by atoms with E-state index >= 15 is 0 Å². The molecule has 0 aromatic rings. The lowest BCUT2D eigenvalue weighted by atomic mass is 10.2. The molecule has 0 radical (unpaired) electrons. The van der Waals surface area contributed by atoms with Crippen LogP contribution >= 0.6 is 0 Å². The van der Waals surface area contributed by atoms with E-state index in [4.69, 9.17) is 52.5 Å². The minimum Gasteiger partial charge on any atom is -0.481 e. The number of unbranched alkanes of at least 4 members (excludes halogenated alkanes) is 1. The molecule has 0 spiro atoms. The van der Waals surface area contributed by atoms with Gasteiger partial charge in [-0.25, -0.2) is 0 Å². The highest BCUT2D eigenvalue weighted by Crippen LogP contribution is 2.01. The Bertz CT molecular complexity index is 563. The van der Waals surface area contributed by atoms with Crippen molar-refractivity contribution in [2.45, 2.75) is 25.7 Å². The second kappa shape index (κ2) is 33.5. The molecule has 0 heterocycles. The first-order valence-electron chi connectivity index (χ1n) is 13.8. The fraction of sp³-hybridized carbons (Fsp3) is 0.852. The summed E-state index contributed by atoms with van der Waals surface area (Å²) in [4.78, 5) is 21.8. The van der Waals surface area contributed by atoms with Gasteiger partial charge in [-0.3, -0.25) is 9.59 Å². The molecule has 0 saturated carbocycles. The van der Waals surface area contributed by atoms with Crippen molar-refractivity contribution in [2.75, 3.05) is 126 Å². The predicted octanol–water partition coefficient (Wildman–Crippen LogP) is 1.51. The van der Waals surface area contributed by atoms with Crippen molar-refractivity contribution in [3.63, 3.8) is 0 Å². The number of carboxylic acid groups (broad SMARTS) is 1. The van der Waals surface area contributed by atoms with E-state index < -0.39 is 5.97 Å². The lowest BCUT2D eigenvalue weighted by molar-refractivity contribution is -0.146. The highest BCUT2D eigenvalue weighted by Gasteiger charge is 2.04. The van der Waals surface area contributed by atoms with E-state index in [-0.39, 0.29) is 32.0 Å². The fourth-order valence-corrected chi connectivity index (χ4v) is 2.76. The quantitative estimate of drug-likeness (QED) is 0.0665. The third kappa shape index (κ3) is 34.3. The largest absolute Gasteiger partial charge is 0.481 e. The summed E-state index contributed by atoms with van der Waals surface area (Å²) >= 11 is 0. The summed E-state index contributed by atoms with van der Waals surface area (Å²) in [7, 11) is 0. The van der Waals surface area contributed by atoms with Gasteiger partial charge < -0.3 is 52.5 Å². The Hall–Kier alpha value is -1.68. The van der Waals surface area contributed by atoms with Crippen LogP contribution in [0.5, 0.6) is 0 Å².